The molecule has 2 aromatic rings. The lowest BCUT2D eigenvalue weighted by Gasteiger charge is -2.30. The number of aryl methyl sites for hydroxylation is 2. The van der Waals surface area contributed by atoms with E-state index in [4.69, 9.17) is 0 Å². The van der Waals surface area contributed by atoms with E-state index in [9.17, 15) is 5.11 Å². The van der Waals surface area contributed by atoms with Crippen molar-refractivity contribution in [3.05, 3.63) is 57.8 Å². The Hall–Kier alpha value is -1.12. The average molecular weight is 258 g/mol. The molecule has 94 valence electrons. The van der Waals surface area contributed by atoms with Crippen molar-refractivity contribution in [2.75, 3.05) is 0 Å². The highest BCUT2D eigenvalue weighted by atomic mass is 32.1. The molecule has 2 atom stereocenters. The molecule has 1 heterocycles. The fourth-order valence-electron chi connectivity index (χ4n) is 2.89. The van der Waals surface area contributed by atoms with Crippen LogP contribution in [0.5, 0.6) is 0 Å². The molecule has 3 rings (SSSR count). The summed E-state index contributed by atoms with van der Waals surface area (Å²) in [6, 6.07) is 10.5. The van der Waals surface area contributed by atoms with Crippen LogP contribution in [0.2, 0.25) is 0 Å². The lowest BCUT2D eigenvalue weighted by molar-refractivity contribution is 0.0887. The molecule has 0 radical (unpaired) electrons. The van der Waals surface area contributed by atoms with Gasteiger partial charge in [0.2, 0.25) is 0 Å². The second kappa shape index (κ2) is 5.25. The number of aliphatic hydroxyl groups is 1. The molecule has 0 saturated carbocycles. The van der Waals surface area contributed by atoms with E-state index in [-0.39, 0.29) is 6.10 Å². The summed E-state index contributed by atoms with van der Waals surface area (Å²) in [5.74, 6) is 0.416. The van der Waals surface area contributed by atoms with E-state index in [2.05, 4.69) is 35.0 Å². The third kappa shape index (κ3) is 2.36. The molecule has 0 amide bonds. The highest BCUT2D eigenvalue weighted by Gasteiger charge is 2.27. The number of hydrogen-bond acceptors (Lipinski definition) is 2. The molecule has 2 heteroatoms. The van der Waals surface area contributed by atoms with Crippen LogP contribution in [-0.2, 0) is 12.8 Å². The molecule has 0 saturated heterocycles. The first-order valence-electron chi connectivity index (χ1n) is 6.61. The summed E-state index contributed by atoms with van der Waals surface area (Å²) in [7, 11) is 0. The Morgan fingerprint density at radius 3 is 2.94 bits per heavy atom. The second-order valence-corrected chi connectivity index (χ2v) is 5.89. The summed E-state index contributed by atoms with van der Waals surface area (Å²) in [5, 5.41) is 14.8. The van der Waals surface area contributed by atoms with E-state index in [1.807, 2.05) is 6.07 Å². The molecule has 0 aliphatic heterocycles. The Morgan fingerprint density at radius 2 is 2.11 bits per heavy atom. The lowest BCUT2D eigenvalue weighted by Crippen LogP contribution is -2.21. The van der Waals surface area contributed by atoms with Crippen molar-refractivity contribution in [2.24, 2.45) is 5.92 Å². The Kier molecular flexibility index (Phi) is 3.48. The lowest BCUT2D eigenvalue weighted by atomic mass is 9.79. The minimum Gasteiger partial charge on any atom is -0.388 e. The third-order valence-electron chi connectivity index (χ3n) is 3.99. The van der Waals surface area contributed by atoms with Crippen LogP contribution in [0.1, 0.15) is 35.6 Å². The summed E-state index contributed by atoms with van der Waals surface area (Å²) in [4.78, 5) is 0. The quantitative estimate of drug-likeness (QED) is 0.883. The molecule has 1 aliphatic rings. The van der Waals surface area contributed by atoms with E-state index in [1.165, 1.54) is 11.1 Å². The van der Waals surface area contributed by atoms with Crippen LogP contribution in [-0.4, -0.2) is 5.11 Å². The van der Waals surface area contributed by atoms with Crippen LogP contribution in [0.3, 0.4) is 0 Å². The maximum Gasteiger partial charge on any atom is 0.0821 e. The molecule has 1 aliphatic carbocycles. The summed E-state index contributed by atoms with van der Waals surface area (Å²) >= 11 is 1.75. The standard InChI is InChI=1S/C16H18OS/c17-16-14(6-5-12-9-10-18-11-12)8-7-13-3-1-2-4-15(13)16/h1-4,9-11,14,16-17H,5-8H2. The zero-order chi connectivity index (χ0) is 12.4. The van der Waals surface area contributed by atoms with Gasteiger partial charge in [-0.3, -0.25) is 0 Å². The predicted octanol–water partition coefficient (Wildman–Crippen LogP) is 3.98. The third-order valence-corrected chi connectivity index (χ3v) is 4.72. The first-order chi connectivity index (χ1) is 8.84. The van der Waals surface area contributed by atoms with Gasteiger partial charge in [0.1, 0.15) is 0 Å². The Bertz CT molecular complexity index is 504. The first kappa shape index (κ1) is 11.9. The van der Waals surface area contributed by atoms with Gasteiger partial charge in [0.25, 0.3) is 0 Å². The average Bonchev–Trinajstić information content (AvgIpc) is 2.91. The van der Waals surface area contributed by atoms with Gasteiger partial charge in [-0.25, -0.2) is 0 Å². The maximum atomic E-state index is 10.5. The fraction of sp³-hybridized carbons (Fsp3) is 0.375. The number of benzene rings is 1. The molecule has 1 nitrogen and oxygen atoms in total. The van der Waals surface area contributed by atoms with Crippen LogP contribution < -0.4 is 0 Å². The highest BCUT2D eigenvalue weighted by Crippen LogP contribution is 2.36. The van der Waals surface area contributed by atoms with Crippen LogP contribution in [0.4, 0.5) is 0 Å². The largest absolute Gasteiger partial charge is 0.388 e. The van der Waals surface area contributed by atoms with Gasteiger partial charge < -0.3 is 5.11 Å². The van der Waals surface area contributed by atoms with Crippen molar-refractivity contribution in [1.29, 1.82) is 0 Å². The van der Waals surface area contributed by atoms with E-state index in [0.29, 0.717) is 5.92 Å². The molecule has 0 bridgehead atoms. The van der Waals surface area contributed by atoms with Gasteiger partial charge in [-0.15, -0.1) is 0 Å². The molecular formula is C16H18OS. The van der Waals surface area contributed by atoms with Crippen molar-refractivity contribution in [2.45, 2.75) is 31.8 Å². The van der Waals surface area contributed by atoms with E-state index in [0.717, 1.165) is 31.2 Å². The monoisotopic (exact) mass is 258 g/mol. The molecule has 18 heavy (non-hydrogen) atoms. The van der Waals surface area contributed by atoms with Gasteiger partial charge in [-0.2, -0.15) is 11.3 Å². The van der Waals surface area contributed by atoms with E-state index >= 15 is 0 Å². The van der Waals surface area contributed by atoms with Crippen LogP contribution in [0.15, 0.2) is 41.1 Å². The molecule has 2 unspecified atom stereocenters. The maximum absolute atomic E-state index is 10.5. The topological polar surface area (TPSA) is 20.2 Å². The van der Waals surface area contributed by atoms with E-state index in [1.54, 1.807) is 11.3 Å². The van der Waals surface area contributed by atoms with Gasteiger partial charge in [0, 0.05) is 0 Å². The van der Waals surface area contributed by atoms with Gasteiger partial charge in [-0.05, 0) is 65.1 Å². The fourth-order valence-corrected chi connectivity index (χ4v) is 3.60. The summed E-state index contributed by atoms with van der Waals surface area (Å²) in [6.07, 6.45) is 4.14. The molecular weight excluding hydrogens is 240 g/mol. The van der Waals surface area contributed by atoms with E-state index < -0.39 is 0 Å². The van der Waals surface area contributed by atoms with Gasteiger partial charge in [-0.1, -0.05) is 24.3 Å². The Morgan fingerprint density at radius 1 is 1.22 bits per heavy atom. The summed E-state index contributed by atoms with van der Waals surface area (Å²) in [5.41, 5.74) is 3.89. The smallest absolute Gasteiger partial charge is 0.0821 e. The predicted molar refractivity (Wildman–Crippen MR) is 75.9 cm³/mol. The zero-order valence-corrected chi connectivity index (χ0v) is 11.2. The SMILES string of the molecule is OC1c2ccccc2CCC1CCc1ccsc1. The molecule has 1 N–H and O–H groups in total. The van der Waals surface area contributed by atoms with Crippen molar-refractivity contribution in [1.82, 2.24) is 0 Å². The van der Waals surface area contributed by atoms with Crippen LogP contribution in [0, 0.1) is 5.92 Å². The minimum atomic E-state index is -0.270. The number of thiophene rings is 1. The first-order valence-corrected chi connectivity index (χ1v) is 7.56. The molecule has 1 aromatic heterocycles. The number of fused-ring (bicyclic) bond motifs is 1. The van der Waals surface area contributed by atoms with Gasteiger partial charge in [0.15, 0.2) is 0 Å². The number of hydrogen-bond donors (Lipinski definition) is 1. The summed E-state index contributed by atoms with van der Waals surface area (Å²) in [6.45, 7) is 0. The number of rotatable bonds is 3. The minimum absolute atomic E-state index is 0.270. The van der Waals surface area contributed by atoms with Gasteiger partial charge in [0.05, 0.1) is 6.10 Å². The van der Waals surface area contributed by atoms with Crippen molar-refractivity contribution in [3.8, 4) is 0 Å². The zero-order valence-electron chi connectivity index (χ0n) is 10.4. The Labute approximate surface area is 112 Å². The number of aliphatic hydroxyl groups excluding tert-OH is 1. The van der Waals surface area contributed by atoms with Crippen LogP contribution >= 0.6 is 11.3 Å². The van der Waals surface area contributed by atoms with Crippen LogP contribution in [0.25, 0.3) is 0 Å². The second-order valence-electron chi connectivity index (χ2n) is 5.11. The Balaban J connectivity index is 1.69. The van der Waals surface area contributed by atoms with Gasteiger partial charge >= 0.3 is 0 Å². The highest BCUT2D eigenvalue weighted by molar-refractivity contribution is 7.07. The van der Waals surface area contributed by atoms with Crippen molar-refractivity contribution >= 4 is 11.3 Å². The molecule has 0 spiro atoms. The molecule has 1 aromatic carbocycles. The van der Waals surface area contributed by atoms with Crippen molar-refractivity contribution in [3.63, 3.8) is 0 Å². The normalized spacial score (nSPS) is 22.7. The summed E-state index contributed by atoms with van der Waals surface area (Å²) < 4.78 is 0. The van der Waals surface area contributed by atoms with Crippen molar-refractivity contribution < 1.29 is 5.11 Å². The molecule has 0 fully saturated rings.